The first-order valence-corrected chi connectivity index (χ1v) is 15.6. The normalized spacial score (nSPS) is 14.4. The van der Waals surface area contributed by atoms with Crippen molar-refractivity contribution in [1.29, 1.82) is 0 Å². The molecule has 2 aliphatic rings. The van der Waals surface area contributed by atoms with Crippen molar-refractivity contribution in [2.24, 2.45) is 0 Å². The number of nitrogens with zero attached hydrogens (tertiary/aromatic N) is 3. The fourth-order valence-corrected chi connectivity index (χ4v) is 8.90. The maximum Gasteiger partial charge on any atom is 0.235 e. The molecule has 0 atom stereocenters. The van der Waals surface area contributed by atoms with Crippen LogP contribution in [0.1, 0.15) is 25.0 Å². The summed E-state index contributed by atoms with van der Waals surface area (Å²) in [6.07, 6.45) is 0. The van der Waals surface area contributed by atoms with Crippen molar-refractivity contribution in [1.82, 2.24) is 14.5 Å². The van der Waals surface area contributed by atoms with Gasteiger partial charge in [-0.25, -0.2) is 9.97 Å². The smallest absolute Gasteiger partial charge is 0.235 e. The van der Waals surface area contributed by atoms with E-state index in [9.17, 15) is 0 Å². The minimum atomic E-state index is -0.206. The van der Waals surface area contributed by atoms with E-state index in [1.54, 1.807) is 0 Å². The Morgan fingerprint density at radius 2 is 1.30 bits per heavy atom. The average molecular weight is 568 g/mol. The lowest BCUT2D eigenvalue weighted by Gasteiger charge is -2.24. The number of hydrogen-bond acceptors (Lipinski definition) is 3. The van der Waals surface area contributed by atoms with Gasteiger partial charge in [0.15, 0.2) is 0 Å². The second-order valence-electron chi connectivity index (χ2n) is 12.2. The molecular weight excluding hydrogens is 543 g/mol. The minimum absolute atomic E-state index is 0.206. The van der Waals surface area contributed by atoms with Gasteiger partial charge in [0.25, 0.3) is 0 Å². The van der Waals surface area contributed by atoms with Crippen molar-refractivity contribution in [2.75, 3.05) is 0 Å². The van der Waals surface area contributed by atoms with E-state index in [0.29, 0.717) is 0 Å². The second kappa shape index (κ2) is 8.12. The Morgan fingerprint density at radius 1 is 0.605 bits per heavy atom. The maximum atomic E-state index is 5.46. The molecule has 0 spiro atoms. The van der Waals surface area contributed by atoms with Gasteiger partial charge in [0.2, 0.25) is 5.95 Å². The molecule has 8 aromatic rings. The van der Waals surface area contributed by atoms with Gasteiger partial charge in [-0.1, -0.05) is 117 Å². The Labute approximate surface area is 252 Å². The molecule has 0 N–H and O–H groups in total. The number of para-hydroxylation sites is 1. The molecule has 0 fully saturated rings. The summed E-state index contributed by atoms with van der Waals surface area (Å²) in [5.74, 6) is 0.719. The van der Waals surface area contributed by atoms with E-state index in [-0.39, 0.29) is 5.41 Å². The highest BCUT2D eigenvalue weighted by Gasteiger charge is 2.40. The Balaban J connectivity index is 1.44. The van der Waals surface area contributed by atoms with Crippen LogP contribution in [0.15, 0.2) is 125 Å². The van der Waals surface area contributed by atoms with Gasteiger partial charge >= 0.3 is 0 Å². The summed E-state index contributed by atoms with van der Waals surface area (Å²) in [6.45, 7) is 4.75. The second-order valence-corrected chi connectivity index (χ2v) is 13.2. The lowest BCUT2D eigenvalue weighted by atomic mass is 9.80. The molecule has 2 aromatic heterocycles. The van der Waals surface area contributed by atoms with Gasteiger partial charge in [0.1, 0.15) is 0 Å². The zero-order chi connectivity index (χ0) is 28.4. The van der Waals surface area contributed by atoms with Crippen LogP contribution >= 0.6 is 11.8 Å². The van der Waals surface area contributed by atoms with Crippen LogP contribution in [0.5, 0.6) is 0 Å². The third-order valence-corrected chi connectivity index (χ3v) is 10.7. The average Bonchev–Trinajstić information content (AvgIpc) is 3.51. The van der Waals surface area contributed by atoms with Gasteiger partial charge < -0.3 is 0 Å². The van der Waals surface area contributed by atoms with E-state index in [1.807, 2.05) is 11.8 Å². The monoisotopic (exact) mass is 567 g/mol. The minimum Gasteiger partial charge on any atom is -0.278 e. The molecule has 0 saturated carbocycles. The molecule has 3 heterocycles. The molecule has 10 rings (SSSR count). The third kappa shape index (κ3) is 2.91. The largest absolute Gasteiger partial charge is 0.278 e. The molecular formula is C39H25N3S. The fraction of sp³-hybridized carbons (Fsp3) is 0.0769. The summed E-state index contributed by atoms with van der Waals surface area (Å²) in [5.41, 5.74) is 10.7. The summed E-state index contributed by atoms with van der Waals surface area (Å²) < 4.78 is 2.36. The Morgan fingerprint density at radius 3 is 2.19 bits per heavy atom. The van der Waals surface area contributed by atoms with Crippen molar-refractivity contribution in [3.8, 4) is 28.3 Å². The summed E-state index contributed by atoms with van der Waals surface area (Å²) in [6, 6.07) is 41.7. The molecule has 6 aromatic carbocycles. The summed E-state index contributed by atoms with van der Waals surface area (Å²) in [4.78, 5) is 13.2. The first-order chi connectivity index (χ1) is 21.1. The standard InChI is InChI=1S/C39H25N3S/c1-39(2)27-17-8-5-14-24(27)32-22-12-3-4-13-23(22)33-25-15-6-9-19-29(25)42(37(33)35(32)39)38-40-28-18-11-21-31-34(28)36(41-38)26-16-7-10-20-30(26)43-31/h3-21H,1-2H3. The quantitative estimate of drug-likeness (QED) is 0.198. The van der Waals surface area contributed by atoms with Crippen molar-refractivity contribution < 1.29 is 0 Å². The molecule has 1 aliphatic heterocycles. The van der Waals surface area contributed by atoms with Crippen LogP contribution < -0.4 is 0 Å². The summed E-state index contributed by atoms with van der Waals surface area (Å²) >= 11 is 1.81. The van der Waals surface area contributed by atoms with E-state index in [0.717, 1.165) is 28.1 Å². The van der Waals surface area contributed by atoms with Crippen molar-refractivity contribution >= 4 is 55.2 Å². The maximum absolute atomic E-state index is 5.46. The first kappa shape index (κ1) is 23.6. The number of fused-ring (bicyclic) bond motifs is 12. The van der Waals surface area contributed by atoms with Gasteiger partial charge in [0.05, 0.1) is 22.2 Å². The lowest BCUT2D eigenvalue weighted by Crippen LogP contribution is -2.17. The predicted molar refractivity (Wildman–Crippen MR) is 179 cm³/mol. The molecule has 0 radical (unpaired) electrons. The van der Waals surface area contributed by atoms with Gasteiger partial charge in [0, 0.05) is 36.9 Å². The van der Waals surface area contributed by atoms with E-state index in [1.165, 1.54) is 64.7 Å². The Hall–Kier alpha value is -4.93. The van der Waals surface area contributed by atoms with E-state index in [4.69, 9.17) is 9.97 Å². The van der Waals surface area contributed by atoms with Crippen LogP contribution in [0.3, 0.4) is 0 Å². The first-order valence-electron chi connectivity index (χ1n) is 14.8. The number of benzene rings is 6. The van der Waals surface area contributed by atoms with Gasteiger partial charge in [-0.15, -0.1) is 0 Å². The molecule has 43 heavy (non-hydrogen) atoms. The molecule has 0 saturated heterocycles. The SMILES string of the molecule is CC1(C)c2ccccc2-c2c1c1c(c3ccccc23)c2ccccc2n1-c1nc2c3c(cccc3n1)Sc1ccccc1-2. The highest BCUT2D eigenvalue weighted by atomic mass is 32.2. The molecule has 0 amide bonds. The van der Waals surface area contributed by atoms with Crippen molar-refractivity contribution in [3.05, 3.63) is 126 Å². The van der Waals surface area contributed by atoms with Crippen molar-refractivity contribution in [2.45, 2.75) is 29.1 Å². The molecule has 0 unspecified atom stereocenters. The summed E-state index contributed by atoms with van der Waals surface area (Å²) in [5, 5.41) is 6.21. The topological polar surface area (TPSA) is 30.7 Å². The van der Waals surface area contributed by atoms with E-state index in [2.05, 4.69) is 134 Å². The Kier molecular flexibility index (Phi) is 4.46. The van der Waals surface area contributed by atoms with Crippen LogP contribution in [0.25, 0.3) is 71.8 Å². The van der Waals surface area contributed by atoms with Crippen LogP contribution in [-0.4, -0.2) is 14.5 Å². The van der Waals surface area contributed by atoms with Crippen LogP contribution in [-0.2, 0) is 5.41 Å². The van der Waals surface area contributed by atoms with Crippen molar-refractivity contribution in [3.63, 3.8) is 0 Å². The summed E-state index contributed by atoms with van der Waals surface area (Å²) in [7, 11) is 0. The number of rotatable bonds is 1. The Bertz CT molecular complexity index is 2520. The predicted octanol–water partition coefficient (Wildman–Crippen LogP) is 10.3. The van der Waals surface area contributed by atoms with Gasteiger partial charge in [-0.05, 0) is 57.3 Å². The highest BCUT2D eigenvalue weighted by Crippen LogP contribution is 2.56. The molecule has 3 nitrogen and oxygen atoms in total. The van der Waals surface area contributed by atoms with Crippen LogP contribution in [0.4, 0.5) is 0 Å². The molecule has 4 heteroatoms. The zero-order valence-electron chi connectivity index (χ0n) is 23.7. The van der Waals surface area contributed by atoms with Gasteiger partial charge in [-0.3, -0.25) is 4.57 Å². The fourth-order valence-electron chi connectivity index (χ4n) is 7.79. The van der Waals surface area contributed by atoms with E-state index >= 15 is 0 Å². The third-order valence-electron chi connectivity index (χ3n) is 9.56. The molecule has 1 aliphatic carbocycles. The number of hydrogen-bond donors (Lipinski definition) is 0. The zero-order valence-corrected chi connectivity index (χ0v) is 24.5. The molecule has 0 bridgehead atoms. The van der Waals surface area contributed by atoms with E-state index < -0.39 is 0 Å². The van der Waals surface area contributed by atoms with Crippen LogP contribution in [0.2, 0.25) is 0 Å². The number of aromatic nitrogens is 3. The highest BCUT2D eigenvalue weighted by molar-refractivity contribution is 7.99. The van der Waals surface area contributed by atoms with Gasteiger partial charge in [-0.2, -0.15) is 0 Å². The molecule has 202 valence electrons. The lowest BCUT2D eigenvalue weighted by molar-refractivity contribution is 0.664. The van der Waals surface area contributed by atoms with Crippen LogP contribution in [0, 0.1) is 0 Å².